The van der Waals surface area contributed by atoms with Gasteiger partial charge in [-0.3, -0.25) is 4.79 Å². The Labute approximate surface area is 104 Å². The Bertz CT molecular complexity index is 517. The van der Waals surface area contributed by atoms with Crippen LogP contribution in [0.1, 0.15) is 25.9 Å². The van der Waals surface area contributed by atoms with Crippen LogP contribution in [-0.2, 0) is 6.61 Å². The number of rotatable bonds is 4. The molecule has 0 unspecified atom stereocenters. The van der Waals surface area contributed by atoms with Gasteiger partial charge in [-0.2, -0.15) is 0 Å². The van der Waals surface area contributed by atoms with Crippen molar-refractivity contribution in [1.29, 1.82) is 0 Å². The molecule has 3 nitrogen and oxygen atoms in total. The molecule has 1 aromatic heterocycles. The molecule has 2 rings (SSSR count). The Balaban J connectivity index is 2.02. The minimum absolute atomic E-state index is 0.405. The van der Waals surface area contributed by atoms with Crippen LogP contribution in [0.3, 0.4) is 0 Å². The van der Waals surface area contributed by atoms with E-state index in [-0.39, 0.29) is 0 Å². The van der Waals surface area contributed by atoms with Gasteiger partial charge in [0.15, 0.2) is 6.29 Å². The van der Waals surface area contributed by atoms with Crippen molar-refractivity contribution in [2.75, 3.05) is 0 Å². The molecule has 1 heterocycles. The molecular weight excluding hydrogens is 234 g/mol. The summed E-state index contributed by atoms with van der Waals surface area (Å²) in [7, 11) is 0. The fraction of sp³-hybridized carbons (Fsp3) is 0.231. The molecule has 0 radical (unpaired) electrons. The normalized spacial score (nSPS) is 10.2. The fourth-order valence-electron chi connectivity index (χ4n) is 1.42. The van der Waals surface area contributed by atoms with Crippen LogP contribution in [0.25, 0.3) is 0 Å². The topological polar surface area (TPSA) is 39.2 Å². The van der Waals surface area contributed by atoms with Gasteiger partial charge in [0.2, 0.25) is 0 Å². The third kappa shape index (κ3) is 2.91. The number of aryl methyl sites for hydroxylation is 2. The first kappa shape index (κ1) is 11.8. The summed E-state index contributed by atoms with van der Waals surface area (Å²) >= 11 is 1.49. The van der Waals surface area contributed by atoms with E-state index in [2.05, 4.69) is 4.98 Å². The second-order valence-electron chi connectivity index (χ2n) is 3.77. The number of benzene rings is 1. The van der Waals surface area contributed by atoms with Gasteiger partial charge in [0.05, 0.1) is 0 Å². The average molecular weight is 247 g/mol. The number of ether oxygens (including phenoxy) is 1. The highest BCUT2D eigenvalue weighted by atomic mass is 32.1. The highest BCUT2D eigenvalue weighted by Gasteiger charge is 2.06. The van der Waals surface area contributed by atoms with Crippen molar-refractivity contribution in [2.24, 2.45) is 0 Å². The van der Waals surface area contributed by atoms with E-state index in [4.69, 9.17) is 4.74 Å². The van der Waals surface area contributed by atoms with Crippen LogP contribution < -0.4 is 4.74 Å². The number of nitrogens with zero attached hydrogens (tertiary/aromatic N) is 1. The van der Waals surface area contributed by atoms with E-state index in [1.54, 1.807) is 0 Å². The van der Waals surface area contributed by atoms with Gasteiger partial charge >= 0.3 is 0 Å². The van der Waals surface area contributed by atoms with Crippen LogP contribution in [0.4, 0.5) is 0 Å². The molecule has 4 heteroatoms. The zero-order valence-electron chi connectivity index (χ0n) is 9.77. The van der Waals surface area contributed by atoms with E-state index in [1.807, 2.05) is 38.1 Å². The summed E-state index contributed by atoms with van der Waals surface area (Å²) in [6.45, 7) is 4.32. The maximum atomic E-state index is 10.7. The minimum atomic E-state index is 0.405. The maximum Gasteiger partial charge on any atom is 0.169 e. The van der Waals surface area contributed by atoms with Gasteiger partial charge in [0.1, 0.15) is 23.1 Å². The second kappa shape index (κ2) is 5.10. The third-order valence-corrected chi connectivity index (χ3v) is 3.33. The summed E-state index contributed by atoms with van der Waals surface area (Å²) in [4.78, 5) is 15.8. The summed E-state index contributed by atoms with van der Waals surface area (Å²) in [5.74, 6) is 0.816. The summed E-state index contributed by atoms with van der Waals surface area (Å²) in [5, 5.41) is 0.824. The van der Waals surface area contributed by atoms with Gasteiger partial charge in [-0.05, 0) is 26.0 Å². The molecule has 2 aromatic rings. The van der Waals surface area contributed by atoms with Crippen molar-refractivity contribution in [3.05, 3.63) is 45.4 Å². The number of carbonyl (C=O) groups is 1. The lowest BCUT2D eigenvalue weighted by Crippen LogP contribution is -1.95. The lowest BCUT2D eigenvalue weighted by molar-refractivity contribution is 0.111. The molecule has 0 aliphatic heterocycles. The van der Waals surface area contributed by atoms with Gasteiger partial charge in [0, 0.05) is 4.88 Å². The molecule has 0 aliphatic carbocycles. The summed E-state index contributed by atoms with van der Waals surface area (Å²) < 4.78 is 5.59. The molecule has 0 fully saturated rings. The van der Waals surface area contributed by atoms with E-state index in [0.29, 0.717) is 12.3 Å². The van der Waals surface area contributed by atoms with E-state index < -0.39 is 0 Å². The standard InChI is InChI=1S/C13H13NO2S/c1-9-3-5-11(6-4-9)16-8-13-14-12(7-15)10(2)17-13/h3-7H,8H2,1-2H3. The predicted molar refractivity (Wildman–Crippen MR) is 67.7 cm³/mol. The summed E-state index contributed by atoms with van der Waals surface area (Å²) in [5.41, 5.74) is 1.71. The largest absolute Gasteiger partial charge is 0.486 e. The quantitative estimate of drug-likeness (QED) is 0.779. The van der Waals surface area contributed by atoms with Gasteiger partial charge in [-0.25, -0.2) is 4.98 Å². The molecule has 0 N–H and O–H groups in total. The first-order chi connectivity index (χ1) is 8.19. The molecule has 0 spiro atoms. The van der Waals surface area contributed by atoms with Crippen LogP contribution in [0, 0.1) is 13.8 Å². The SMILES string of the molecule is Cc1ccc(OCc2nc(C=O)c(C)s2)cc1. The van der Waals surface area contributed by atoms with Crippen LogP contribution in [0.15, 0.2) is 24.3 Å². The van der Waals surface area contributed by atoms with Crippen molar-refractivity contribution in [3.8, 4) is 5.75 Å². The summed E-state index contributed by atoms with van der Waals surface area (Å²) in [6.07, 6.45) is 0.779. The lowest BCUT2D eigenvalue weighted by Gasteiger charge is -2.03. The van der Waals surface area contributed by atoms with E-state index >= 15 is 0 Å². The van der Waals surface area contributed by atoms with Crippen LogP contribution in [0.5, 0.6) is 5.75 Å². The maximum absolute atomic E-state index is 10.7. The van der Waals surface area contributed by atoms with Crippen molar-refractivity contribution in [3.63, 3.8) is 0 Å². The highest BCUT2D eigenvalue weighted by Crippen LogP contribution is 2.19. The molecular formula is C13H13NO2S. The Kier molecular flexibility index (Phi) is 3.54. The van der Waals surface area contributed by atoms with Crippen LogP contribution in [0.2, 0.25) is 0 Å². The number of aldehydes is 1. The Morgan fingerprint density at radius 2 is 2.00 bits per heavy atom. The predicted octanol–water partition coefficient (Wildman–Crippen LogP) is 3.15. The Morgan fingerprint density at radius 1 is 1.29 bits per heavy atom. The Hall–Kier alpha value is -1.68. The van der Waals surface area contributed by atoms with Crippen molar-refractivity contribution < 1.29 is 9.53 Å². The third-order valence-electron chi connectivity index (χ3n) is 2.37. The van der Waals surface area contributed by atoms with Crippen molar-refractivity contribution >= 4 is 17.6 Å². The zero-order chi connectivity index (χ0) is 12.3. The summed E-state index contributed by atoms with van der Waals surface area (Å²) in [6, 6.07) is 7.85. The van der Waals surface area contributed by atoms with Crippen LogP contribution in [-0.4, -0.2) is 11.3 Å². The van der Waals surface area contributed by atoms with E-state index in [1.165, 1.54) is 16.9 Å². The lowest BCUT2D eigenvalue weighted by atomic mass is 10.2. The first-order valence-electron chi connectivity index (χ1n) is 5.30. The molecule has 0 atom stereocenters. The van der Waals surface area contributed by atoms with Crippen molar-refractivity contribution in [1.82, 2.24) is 4.98 Å². The van der Waals surface area contributed by atoms with Gasteiger partial charge < -0.3 is 4.74 Å². The number of hydrogen-bond donors (Lipinski definition) is 0. The highest BCUT2D eigenvalue weighted by molar-refractivity contribution is 7.11. The van der Waals surface area contributed by atoms with Gasteiger partial charge in [-0.1, -0.05) is 17.7 Å². The molecule has 0 amide bonds. The Morgan fingerprint density at radius 3 is 2.59 bits per heavy atom. The number of carbonyl (C=O) groups excluding carboxylic acids is 1. The zero-order valence-corrected chi connectivity index (χ0v) is 10.6. The molecule has 0 saturated heterocycles. The minimum Gasteiger partial charge on any atom is -0.486 e. The number of aromatic nitrogens is 1. The number of hydrogen-bond acceptors (Lipinski definition) is 4. The van der Waals surface area contributed by atoms with Gasteiger partial charge in [-0.15, -0.1) is 11.3 Å². The van der Waals surface area contributed by atoms with Crippen molar-refractivity contribution in [2.45, 2.75) is 20.5 Å². The fourth-order valence-corrected chi connectivity index (χ4v) is 2.23. The van der Waals surface area contributed by atoms with Gasteiger partial charge in [0.25, 0.3) is 0 Å². The molecule has 0 saturated carbocycles. The van der Waals surface area contributed by atoms with Crippen LogP contribution >= 0.6 is 11.3 Å². The molecule has 1 aromatic carbocycles. The average Bonchev–Trinajstić information content (AvgIpc) is 2.69. The van der Waals surface area contributed by atoms with E-state index in [9.17, 15) is 4.79 Å². The molecule has 88 valence electrons. The molecule has 17 heavy (non-hydrogen) atoms. The second-order valence-corrected chi connectivity index (χ2v) is 5.06. The number of thiazole rings is 1. The molecule has 0 aliphatic rings. The first-order valence-corrected chi connectivity index (χ1v) is 6.11. The monoisotopic (exact) mass is 247 g/mol. The smallest absolute Gasteiger partial charge is 0.169 e. The molecule has 0 bridgehead atoms. The van der Waals surface area contributed by atoms with E-state index in [0.717, 1.165) is 21.9 Å².